The maximum Gasteiger partial charge on any atom is 0.191 e. The van der Waals surface area contributed by atoms with Gasteiger partial charge in [-0.15, -0.1) is 11.3 Å². The van der Waals surface area contributed by atoms with Crippen LogP contribution in [0.5, 0.6) is 0 Å². The van der Waals surface area contributed by atoms with Crippen molar-refractivity contribution in [3.05, 3.63) is 45.9 Å². The van der Waals surface area contributed by atoms with Gasteiger partial charge in [0.15, 0.2) is 11.1 Å². The molecule has 1 aromatic heterocycles. The Balaban J connectivity index is 1.41. The highest BCUT2D eigenvalue weighted by Gasteiger charge is 2.19. The van der Waals surface area contributed by atoms with Crippen LogP contribution in [0.2, 0.25) is 0 Å². The molecule has 0 aliphatic carbocycles. The molecule has 24 heavy (non-hydrogen) atoms. The molecule has 1 saturated heterocycles. The van der Waals surface area contributed by atoms with Crippen molar-refractivity contribution < 1.29 is 0 Å². The fourth-order valence-electron chi connectivity index (χ4n) is 2.77. The lowest BCUT2D eigenvalue weighted by atomic mass is 10.1. The normalized spacial score (nSPS) is 15.8. The molecule has 0 radical (unpaired) electrons. The van der Waals surface area contributed by atoms with Gasteiger partial charge in [0.2, 0.25) is 0 Å². The number of nitrogens with zero attached hydrogens (tertiary/aromatic N) is 4. The second kappa shape index (κ2) is 8.48. The number of aromatic nitrogens is 1. The first kappa shape index (κ1) is 17.2. The van der Waals surface area contributed by atoms with E-state index in [2.05, 4.69) is 53.9 Å². The molecule has 0 spiro atoms. The number of guanidine groups is 1. The fourth-order valence-corrected chi connectivity index (χ4v) is 3.91. The number of thiazole rings is 1. The van der Waals surface area contributed by atoms with Crippen LogP contribution in [0.3, 0.4) is 0 Å². The molecule has 3 rings (SSSR count). The Kier molecular flexibility index (Phi) is 6.09. The summed E-state index contributed by atoms with van der Waals surface area (Å²) in [6.45, 7) is 4.47. The summed E-state index contributed by atoms with van der Waals surface area (Å²) in [5, 5.41) is 3.11. The van der Waals surface area contributed by atoms with E-state index in [0.29, 0.717) is 5.96 Å². The maximum atomic E-state index is 6.15. The summed E-state index contributed by atoms with van der Waals surface area (Å²) in [7, 11) is 0. The summed E-state index contributed by atoms with van der Waals surface area (Å²) >= 11 is 5.19. The van der Waals surface area contributed by atoms with Crippen LogP contribution in [0.1, 0.15) is 12.0 Å². The third-order valence-corrected chi connectivity index (χ3v) is 5.41. The standard InChI is InChI=1S/C17H22BrN5S/c18-15-5-1-3-14(13-15)4-2-6-20-16(19)22-8-10-23(11-9-22)17-21-7-12-24-17/h1,3,5,7,12-13H,2,4,6,8-11H2,(H2,19,20). The molecule has 1 aliphatic rings. The Bertz CT molecular complexity index is 665. The summed E-state index contributed by atoms with van der Waals surface area (Å²) in [6, 6.07) is 8.42. The largest absolute Gasteiger partial charge is 0.370 e. The summed E-state index contributed by atoms with van der Waals surface area (Å²) < 4.78 is 1.13. The van der Waals surface area contributed by atoms with E-state index in [0.717, 1.165) is 55.2 Å². The fraction of sp³-hybridized carbons (Fsp3) is 0.412. The van der Waals surface area contributed by atoms with Gasteiger partial charge in [0, 0.05) is 48.8 Å². The van der Waals surface area contributed by atoms with E-state index in [1.54, 1.807) is 11.3 Å². The predicted molar refractivity (Wildman–Crippen MR) is 105 cm³/mol. The van der Waals surface area contributed by atoms with Gasteiger partial charge < -0.3 is 15.5 Å². The number of hydrogen-bond donors (Lipinski definition) is 1. The molecule has 0 atom stereocenters. The van der Waals surface area contributed by atoms with Gasteiger partial charge in [-0.3, -0.25) is 4.99 Å². The third-order valence-electron chi connectivity index (χ3n) is 4.08. The van der Waals surface area contributed by atoms with Crippen molar-refractivity contribution in [2.75, 3.05) is 37.6 Å². The number of nitrogens with two attached hydrogens (primary N) is 1. The Morgan fingerprint density at radius 1 is 1.29 bits per heavy atom. The predicted octanol–water partition coefficient (Wildman–Crippen LogP) is 2.98. The first-order valence-corrected chi connectivity index (χ1v) is 9.83. The summed E-state index contributed by atoms with van der Waals surface area (Å²) in [5.74, 6) is 0.669. The zero-order valence-electron chi connectivity index (χ0n) is 13.6. The smallest absolute Gasteiger partial charge is 0.191 e. The van der Waals surface area contributed by atoms with E-state index >= 15 is 0 Å². The van der Waals surface area contributed by atoms with E-state index in [1.165, 1.54) is 5.56 Å². The number of aliphatic imine (C=N–C) groups is 1. The molecular formula is C17H22BrN5S. The summed E-state index contributed by atoms with van der Waals surface area (Å²) in [4.78, 5) is 13.4. The molecule has 0 saturated carbocycles. The van der Waals surface area contributed by atoms with Crippen LogP contribution in [0.15, 0.2) is 45.3 Å². The minimum Gasteiger partial charge on any atom is -0.370 e. The number of benzene rings is 1. The second-order valence-corrected chi connectivity index (χ2v) is 7.55. The van der Waals surface area contributed by atoms with Gasteiger partial charge in [0.25, 0.3) is 0 Å². The monoisotopic (exact) mass is 407 g/mol. The molecule has 1 aromatic carbocycles. The number of halogens is 1. The Morgan fingerprint density at radius 3 is 2.83 bits per heavy atom. The van der Waals surface area contributed by atoms with Gasteiger partial charge in [-0.05, 0) is 30.5 Å². The van der Waals surface area contributed by atoms with E-state index in [9.17, 15) is 0 Å². The van der Waals surface area contributed by atoms with E-state index in [1.807, 2.05) is 17.6 Å². The van der Waals surface area contributed by atoms with Gasteiger partial charge in [-0.25, -0.2) is 4.98 Å². The van der Waals surface area contributed by atoms with Crippen molar-refractivity contribution in [2.24, 2.45) is 10.7 Å². The highest BCUT2D eigenvalue weighted by atomic mass is 79.9. The molecule has 1 fully saturated rings. The van der Waals surface area contributed by atoms with Gasteiger partial charge in [-0.1, -0.05) is 28.1 Å². The highest BCUT2D eigenvalue weighted by Crippen LogP contribution is 2.18. The van der Waals surface area contributed by atoms with Crippen molar-refractivity contribution >= 4 is 38.4 Å². The number of aryl methyl sites for hydroxylation is 1. The zero-order chi connectivity index (χ0) is 16.8. The quantitative estimate of drug-likeness (QED) is 0.470. The minimum absolute atomic E-state index is 0.669. The molecular weight excluding hydrogens is 386 g/mol. The molecule has 0 unspecified atom stereocenters. The molecule has 0 bridgehead atoms. The van der Waals surface area contributed by atoms with Crippen LogP contribution in [0.4, 0.5) is 5.13 Å². The average molecular weight is 408 g/mol. The van der Waals surface area contributed by atoms with E-state index in [-0.39, 0.29) is 0 Å². The number of anilines is 1. The molecule has 2 aromatic rings. The lowest BCUT2D eigenvalue weighted by Crippen LogP contribution is -2.51. The molecule has 128 valence electrons. The van der Waals surface area contributed by atoms with Crippen molar-refractivity contribution in [3.63, 3.8) is 0 Å². The van der Waals surface area contributed by atoms with Crippen LogP contribution >= 0.6 is 27.3 Å². The van der Waals surface area contributed by atoms with Crippen LogP contribution in [0.25, 0.3) is 0 Å². The molecule has 7 heteroatoms. The average Bonchev–Trinajstić information content (AvgIpc) is 3.13. The lowest BCUT2D eigenvalue weighted by molar-refractivity contribution is 0.380. The minimum atomic E-state index is 0.669. The van der Waals surface area contributed by atoms with Gasteiger partial charge in [0.1, 0.15) is 0 Å². The lowest BCUT2D eigenvalue weighted by Gasteiger charge is -2.35. The number of hydrogen-bond acceptors (Lipinski definition) is 4. The van der Waals surface area contributed by atoms with Gasteiger partial charge in [-0.2, -0.15) is 0 Å². The number of piperazine rings is 1. The molecule has 1 aliphatic heterocycles. The Hall–Kier alpha value is -1.60. The molecule has 2 N–H and O–H groups in total. The van der Waals surface area contributed by atoms with Gasteiger partial charge in [0.05, 0.1) is 0 Å². The molecule has 2 heterocycles. The van der Waals surface area contributed by atoms with Crippen LogP contribution in [0, 0.1) is 0 Å². The molecule has 5 nitrogen and oxygen atoms in total. The summed E-state index contributed by atoms with van der Waals surface area (Å²) in [6.07, 6.45) is 3.89. The first-order chi connectivity index (χ1) is 11.7. The Morgan fingerprint density at radius 2 is 2.12 bits per heavy atom. The van der Waals surface area contributed by atoms with Crippen LogP contribution in [-0.4, -0.2) is 48.6 Å². The summed E-state index contributed by atoms with van der Waals surface area (Å²) in [5.41, 5.74) is 7.48. The zero-order valence-corrected chi connectivity index (χ0v) is 16.0. The first-order valence-electron chi connectivity index (χ1n) is 8.16. The van der Waals surface area contributed by atoms with Crippen molar-refractivity contribution in [2.45, 2.75) is 12.8 Å². The van der Waals surface area contributed by atoms with Gasteiger partial charge >= 0.3 is 0 Å². The Labute approximate surface area is 155 Å². The van der Waals surface area contributed by atoms with Crippen molar-refractivity contribution in [3.8, 4) is 0 Å². The van der Waals surface area contributed by atoms with E-state index < -0.39 is 0 Å². The SMILES string of the molecule is NC(=NCCCc1cccc(Br)c1)N1CCN(c2nccs2)CC1. The topological polar surface area (TPSA) is 57.8 Å². The van der Waals surface area contributed by atoms with E-state index in [4.69, 9.17) is 5.73 Å². The van der Waals surface area contributed by atoms with Crippen molar-refractivity contribution in [1.29, 1.82) is 0 Å². The van der Waals surface area contributed by atoms with Crippen LogP contribution < -0.4 is 10.6 Å². The number of rotatable bonds is 5. The van der Waals surface area contributed by atoms with Crippen LogP contribution in [-0.2, 0) is 6.42 Å². The highest BCUT2D eigenvalue weighted by molar-refractivity contribution is 9.10. The third kappa shape index (κ3) is 4.70. The second-order valence-electron chi connectivity index (χ2n) is 5.76. The maximum absolute atomic E-state index is 6.15. The molecule has 0 amide bonds. The van der Waals surface area contributed by atoms with Crippen molar-refractivity contribution in [1.82, 2.24) is 9.88 Å².